The van der Waals surface area contributed by atoms with Crippen LogP contribution in [-0.4, -0.2) is 25.2 Å². The van der Waals surface area contributed by atoms with Crippen molar-refractivity contribution in [1.29, 1.82) is 0 Å². The van der Waals surface area contributed by atoms with Crippen molar-refractivity contribution in [3.05, 3.63) is 28.7 Å². The molecule has 0 saturated carbocycles. The van der Waals surface area contributed by atoms with Crippen LogP contribution in [0.5, 0.6) is 5.75 Å². The fourth-order valence-electron chi connectivity index (χ4n) is 1.75. The van der Waals surface area contributed by atoms with Gasteiger partial charge in [0.1, 0.15) is 6.54 Å². The van der Waals surface area contributed by atoms with Crippen LogP contribution >= 0.6 is 0 Å². The Morgan fingerprint density at radius 3 is 2.88 bits per heavy atom. The Morgan fingerprint density at radius 2 is 2.25 bits per heavy atom. The molecule has 0 spiro atoms. The van der Waals surface area contributed by atoms with Crippen LogP contribution in [0.1, 0.15) is 11.3 Å². The molecule has 1 aliphatic heterocycles. The van der Waals surface area contributed by atoms with Crippen molar-refractivity contribution in [2.45, 2.75) is 13.1 Å². The highest BCUT2D eigenvalue weighted by Gasteiger charge is 2.30. The van der Waals surface area contributed by atoms with Crippen molar-refractivity contribution < 1.29 is 19.0 Å². The summed E-state index contributed by atoms with van der Waals surface area (Å²) in [5, 5.41) is 11.6. The summed E-state index contributed by atoms with van der Waals surface area (Å²) in [4.78, 5) is 12.8. The molecular formula is C10H12N2O4. The van der Waals surface area contributed by atoms with E-state index in [9.17, 15) is 10.0 Å². The summed E-state index contributed by atoms with van der Waals surface area (Å²) in [6, 6.07) is 1.76. The molecule has 1 aromatic rings. The van der Waals surface area contributed by atoms with Gasteiger partial charge >= 0.3 is 6.09 Å². The van der Waals surface area contributed by atoms with Crippen molar-refractivity contribution in [3.63, 3.8) is 0 Å². The van der Waals surface area contributed by atoms with Crippen molar-refractivity contribution >= 4 is 6.09 Å². The van der Waals surface area contributed by atoms with Crippen LogP contribution in [0.4, 0.5) is 4.79 Å². The minimum absolute atomic E-state index is 0.273. The number of methoxy groups -OCH3 is 2. The molecule has 0 aromatic carbocycles. The van der Waals surface area contributed by atoms with Crippen molar-refractivity contribution in [3.8, 4) is 5.75 Å². The van der Waals surface area contributed by atoms with Crippen LogP contribution in [0.2, 0.25) is 0 Å². The summed E-state index contributed by atoms with van der Waals surface area (Å²) < 4.78 is 10.3. The van der Waals surface area contributed by atoms with Crippen molar-refractivity contribution in [2.24, 2.45) is 0 Å². The van der Waals surface area contributed by atoms with E-state index in [1.807, 2.05) is 0 Å². The van der Waals surface area contributed by atoms with Gasteiger partial charge in [-0.15, -0.1) is 0 Å². The number of nitrogens with zero attached hydrogens (tertiary/aromatic N) is 2. The third-order valence-corrected chi connectivity index (χ3v) is 2.57. The van der Waals surface area contributed by atoms with Gasteiger partial charge in [-0.05, 0) is 6.07 Å². The predicted octanol–water partition coefficient (Wildman–Crippen LogP) is 0.411. The summed E-state index contributed by atoms with van der Waals surface area (Å²) in [5.74, 6) is 0.487. The Morgan fingerprint density at radius 1 is 1.50 bits per heavy atom. The third kappa shape index (κ3) is 1.62. The van der Waals surface area contributed by atoms with Gasteiger partial charge in [0, 0.05) is 5.56 Å². The van der Waals surface area contributed by atoms with E-state index >= 15 is 0 Å². The Labute approximate surface area is 92.6 Å². The molecule has 0 fully saturated rings. The first-order chi connectivity index (χ1) is 7.65. The predicted molar refractivity (Wildman–Crippen MR) is 53.6 cm³/mol. The maximum Gasteiger partial charge on any atom is 0.410 e. The molecule has 6 nitrogen and oxygen atoms in total. The van der Waals surface area contributed by atoms with Gasteiger partial charge in [-0.25, -0.2) is 4.79 Å². The Bertz CT molecular complexity index is 433. The monoisotopic (exact) mass is 224 g/mol. The molecule has 1 aromatic heterocycles. The average molecular weight is 224 g/mol. The number of rotatable bonds is 1. The number of carbonyl (C=O) groups is 1. The number of ether oxygens (including phenoxy) is 2. The quantitative estimate of drug-likeness (QED) is 0.512. The lowest BCUT2D eigenvalue weighted by Gasteiger charge is -2.11. The Hall–Kier alpha value is -1.98. The van der Waals surface area contributed by atoms with Crippen LogP contribution in [0.3, 0.4) is 0 Å². The first-order valence-corrected chi connectivity index (χ1v) is 4.77. The number of pyridine rings is 1. The maximum atomic E-state index is 11.6. The number of aromatic nitrogens is 1. The first-order valence-electron chi connectivity index (χ1n) is 4.77. The normalized spacial score (nSPS) is 13.5. The molecule has 1 aliphatic rings. The fourth-order valence-corrected chi connectivity index (χ4v) is 1.75. The van der Waals surface area contributed by atoms with Crippen LogP contribution in [0.25, 0.3) is 0 Å². The van der Waals surface area contributed by atoms with Crippen molar-refractivity contribution in [2.75, 3.05) is 14.2 Å². The molecule has 0 unspecified atom stereocenters. The molecule has 0 atom stereocenters. The molecule has 16 heavy (non-hydrogen) atoms. The smallest absolute Gasteiger partial charge is 0.410 e. The molecular weight excluding hydrogens is 212 g/mol. The molecule has 0 N–H and O–H groups in total. The summed E-state index contributed by atoms with van der Waals surface area (Å²) >= 11 is 0. The fraction of sp³-hybridized carbons (Fsp3) is 0.400. The second-order valence-electron chi connectivity index (χ2n) is 3.50. The summed E-state index contributed by atoms with van der Waals surface area (Å²) in [6.45, 7) is 0.650. The van der Waals surface area contributed by atoms with E-state index < -0.39 is 6.09 Å². The maximum absolute atomic E-state index is 11.6. The zero-order valence-corrected chi connectivity index (χ0v) is 9.10. The van der Waals surface area contributed by atoms with E-state index in [4.69, 9.17) is 4.74 Å². The minimum Gasteiger partial charge on any atom is -0.618 e. The van der Waals surface area contributed by atoms with Crippen LogP contribution in [0, 0.1) is 5.21 Å². The lowest BCUT2D eigenvalue weighted by Crippen LogP contribution is -2.33. The van der Waals surface area contributed by atoms with E-state index in [0.29, 0.717) is 18.0 Å². The standard InChI is InChI=1S/C10H12N2O4/c1-15-8-3-7-4-11(10(13)16-2)6-9(7)12(14)5-8/h3,5H,4,6H2,1-2H3. The van der Waals surface area contributed by atoms with Crippen LogP contribution in [-0.2, 0) is 17.8 Å². The Kier molecular flexibility index (Phi) is 2.55. The van der Waals surface area contributed by atoms with Gasteiger partial charge in [-0.2, -0.15) is 4.73 Å². The SMILES string of the molecule is COC(=O)N1Cc2cc(OC)c[n+]([O-])c2C1. The third-order valence-electron chi connectivity index (χ3n) is 2.57. The van der Waals surface area contributed by atoms with Gasteiger partial charge in [0.2, 0.25) is 11.9 Å². The molecule has 0 radical (unpaired) electrons. The molecule has 2 rings (SSSR count). The van der Waals surface area contributed by atoms with Gasteiger partial charge in [0.15, 0.2) is 5.75 Å². The average Bonchev–Trinajstić information content (AvgIpc) is 2.72. The summed E-state index contributed by atoms with van der Waals surface area (Å²) in [7, 11) is 2.81. The van der Waals surface area contributed by atoms with Gasteiger partial charge in [0.05, 0.1) is 20.8 Å². The second-order valence-corrected chi connectivity index (χ2v) is 3.50. The lowest BCUT2D eigenvalue weighted by atomic mass is 10.2. The molecule has 0 bridgehead atoms. The largest absolute Gasteiger partial charge is 0.618 e. The molecule has 0 saturated heterocycles. The molecule has 6 heteroatoms. The zero-order chi connectivity index (χ0) is 11.7. The van der Waals surface area contributed by atoms with E-state index in [1.54, 1.807) is 6.07 Å². The van der Waals surface area contributed by atoms with E-state index in [2.05, 4.69) is 4.74 Å². The van der Waals surface area contributed by atoms with Gasteiger partial charge in [-0.1, -0.05) is 0 Å². The number of hydrogen-bond donors (Lipinski definition) is 0. The minimum atomic E-state index is -0.435. The van der Waals surface area contributed by atoms with Gasteiger partial charge in [-0.3, -0.25) is 4.90 Å². The molecule has 0 aliphatic carbocycles. The highest BCUT2D eigenvalue weighted by atomic mass is 16.5. The number of carbonyl (C=O) groups excluding carboxylic acids is 1. The van der Waals surface area contributed by atoms with Gasteiger partial charge in [0.25, 0.3) is 0 Å². The second kappa shape index (κ2) is 3.88. The summed E-state index contributed by atoms with van der Waals surface area (Å²) in [5.41, 5.74) is 1.35. The zero-order valence-electron chi connectivity index (χ0n) is 9.10. The highest BCUT2D eigenvalue weighted by molar-refractivity contribution is 5.68. The van der Waals surface area contributed by atoms with Gasteiger partial charge < -0.3 is 14.7 Å². The first kappa shape index (κ1) is 10.5. The highest BCUT2D eigenvalue weighted by Crippen LogP contribution is 2.23. The number of hydrogen-bond acceptors (Lipinski definition) is 4. The Balaban J connectivity index is 2.30. The van der Waals surface area contributed by atoms with Crippen molar-refractivity contribution in [1.82, 2.24) is 4.90 Å². The van der Waals surface area contributed by atoms with E-state index in [-0.39, 0.29) is 6.54 Å². The molecule has 2 heterocycles. The number of amides is 1. The van der Waals surface area contributed by atoms with E-state index in [0.717, 1.165) is 10.3 Å². The number of fused-ring (bicyclic) bond motifs is 1. The lowest BCUT2D eigenvalue weighted by molar-refractivity contribution is -0.614. The topological polar surface area (TPSA) is 65.7 Å². The van der Waals surface area contributed by atoms with Crippen LogP contribution < -0.4 is 9.47 Å². The molecule has 86 valence electrons. The molecule has 1 amide bonds. The van der Waals surface area contributed by atoms with Crippen LogP contribution in [0.15, 0.2) is 12.3 Å². The van der Waals surface area contributed by atoms with E-state index in [1.165, 1.54) is 25.3 Å². The summed E-state index contributed by atoms with van der Waals surface area (Å²) in [6.07, 6.45) is 0.912.